The van der Waals surface area contributed by atoms with Crippen LogP contribution in [0, 0.1) is 0 Å². The van der Waals surface area contributed by atoms with Crippen LogP contribution in [0.1, 0.15) is 38.2 Å². The Morgan fingerprint density at radius 1 is 1.30 bits per heavy atom. The Kier molecular flexibility index (Phi) is 6.85. The van der Waals surface area contributed by atoms with Crippen molar-refractivity contribution >= 4 is 34.1 Å². The fourth-order valence-electron chi connectivity index (χ4n) is 1.90. The first-order chi connectivity index (χ1) is 11.1. The molecule has 0 aliphatic heterocycles. The number of rotatable bonds is 8. The number of aromatic nitrogens is 2. The first-order valence-corrected chi connectivity index (χ1v) is 9.52. The molecule has 2 rings (SSSR count). The molecule has 0 fully saturated rings. The Hall–Kier alpha value is -1.60. The second-order valence-corrected chi connectivity index (χ2v) is 7.33. The van der Waals surface area contributed by atoms with Crippen LogP contribution in [0.25, 0.3) is 0 Å². The third-order valence-electron chi connectivity index (χ3n) is 3.19. The van der Waals surface area contributed by atoms with E-state index in [-0.39, 0.29) is 5.91 Å². The van der Waals surface area contributed by atoms with Crippen LogP contribution in [-0.4, -0.2) is 29.0 Å². The summed E-state index contributed by atoms with van der Waals surface area (Å²) in [5, 5.41) is 11.1. The molecule has 1 aromatic heterocycles. The zero-order valence-electron chi connectivity index (χ0n) is 13.5. The second kappa shape index (κ2) is 8.88. The van der Waals surface area contributed by atoms with E-state index in [0.29, 0.717) is 30.5 Å². The molecule has 2 aromatic rings. The Morgan fingerprint density at radius 2 is 2.04 bits per heavy atom. The van der Waals surface area contributed by atoms with E-state index in [2.05, 4.69) is 41.5 Å². The van der Waals surface area contributed by atoms with E-state index >= 15 is 0 Å². The van der Waals surface area contributed by atoms with Crippen molar-refractivity contribution in [3.8, 4) is 5.75 Å². The number of thioether (sulfide) groups is 1. The number of anilines is 1. The van der Waals surface area contributed by atoms with Crippen molar-refractivity contribution in [3.63, 3.8) is 0 Å². The molecule has 7 heteroatoms. The summed E-state index contributed by atoms with van der Waals surface area (Å²) >= 11 is 2.89. The van der Waals surface area contributed by atoms with Crippen LogP contribution in [0.15, 0.2) is 28.6 Å². The normalized spacial score (nSPS) is 10.8. The van der Waals surface area contributed by atoms with Gasteiger partial charge in [-0.2, -0.15) is 0 Å². The van der Waals surface area contributed by atoms with Gasteiger partial charge in [-0.1, -0.05) is 49.1 Å². The minimum Gasteiger partial charge on any atom is -0.494 e. The molecule has 0 saturated heterocycles. The highest BCUT2D eigenvalue weighted by molar-refractivity contribution is 8.00. The molecule has 5 nitrogen and oxygen atoms in total. The Bertz CT molecular complexity index is 627. The van der Waals surface area contributed by atoms with E-state index in [1.54, 1.807) is 0 Å². The maximum Gasteiger partial charge on any atom is 0.226 e. The van der Waals surface area contributed by atoms with Gasteiger partial charge >= 0.3 is 0 Å². The molecule has 0 saturated carbocycles. The predicted molar refractivity (Wildman–Crippen MR) is 95.6 cm³/mol. The molecular weight excluding hydrogens is 330 g/mol. The molecule has 23 heavy (non-hydrogen) atoms. The van der Waals surface area contributed by atoms with Crippen LogP contribution in [0.4, 0.5) is 5.13 Å². The lowest BCUT2D eigenvalue weighted by atomic mass is 10.0. The Labute approximate surface area is 144 Å². The number of amides is 1. The standard InChI is InChI=1S/C16H21N3O2S2/c1-11(2)12-6-8-13(9-7-12)21-10-4-5-14(20)17-15-18-19-16(22-3)23-15/h6-9,11H,4-5,10H2,1-3H3,(H,17,18,20). The summed E-state index contributed by atoms with van der Waals surface area (Å²) in [6.07, 6.45) is 2.99. The van der Waals surface area contributed by atoms with Gasteiger partial charge in [0.25, 0.3) is 0 Å². The fraction of sp³-hybridized carbons (Fsp3) is 0.438. The van der Waals surface area contributed by atoms with Gasteiger partial charge in [0, 0.05) is 6.42 Å². The Morgan fingerprint density at radius 3 is 2.65 bits per heavy atom. The third kappa shape index (κ3) is 5.84. The summed E-state index contributed by atoms with van der Waals surface area (Å²) in [6.45, 7) is 4.84. The molecule has 0 atom stereocenters. The van der Waals surface area contributed by atoms with Crippen molar-refractivity contribution in [3.05, 3.63) is 29.8 Å². The predicted octanol–water partition coefficient (Wildman–Crippen LogP) is 4.18. The monoisotopic (exact) mass is 351 g/mol. The largest absolute Gasteiger partial charge is 0.494 e. The summed E-state index contributed by atoms with van der Waals surface area (Å²) in [5.41, 5.74) is 1.29. The zero-order chi connectivity index (χ0) is 16.7. The highest BCUT2D eigenvalue weighted by atomic mass is 32.2. The van der Waals surface area contributed by atoms with Gasteiger partial charge in [0.15, 0.2) is 4.34 Å². The third-order valence-corrected chi connectivity index (χ3v) is 5.01. The number of nitrogens with zero attached hydrogens (tertiary/aromatic N) is 2. The van der Waals surface area contributed by atoms with Crippen molar-refractivity contribution in [2.24, 2.45) is 0 Å². The van der Waals surface area contributed by atoms with Crippen LogP contribution < -0.4 is 10.1 Å². The average molecular weight is 351 g/mol. The molecule has 0 radical (unpaired) electrons. The molecular formula is C16H21N3O2S2. The SMILES string of the molecule is CSc1nnc(NC(=O)CCCOc2ccc(C(C)C)cc2)s1. The second-order valence-electron chi connectivity index (χ2n) is 5.30. The van der Waals surface area contributed by atoms with Gasteiger partial charge in [0.05, 0.1) is 6.61 Å². The van der Waals surface area contributed by atoms with Crippen molar-refractivity contribution in [1.29, 1.82) is 0 Å². The van der Waals surface area contributed by atoms with E-state index in [0.717, 1.165) is 10.1 Å². The molecule has 0 bridgehead atoms. The van der Waals surface area contributed by atoms with Crippen molar-refractivity contribution in [2.75, 3.05) is 18.2 Å². The van der Waals surface area contributed by atoms with Crippen LogP contribution in [0.3, 0.4) is 0 Å². The van der Waals surface area contributed by atoms with Crippen molar-refractivity contribution in [2.45, 2.75) is 36.9 Å². The maximum absolute atomic E-state index is 11.8. The van der Waals surface area contributed by atoms with E-state index in [4.69, 9.17) is 4.74 Å². The van der Waals surface area contributed by atoms with E-state index in [1.165, 1.54) is 28.7 Å². The van der Waals surface area contributed by atoms with E-state index in [9.17, 15) is 4.79 Å². The number of hydrogen-bond acceptors (Lipinski definition) is 6. The summed E-state index contributed by atoms with van der Waals surface area (Å²) in [5.74, 6) is 1.29. The first kappa shape index (κ1) is 17.7. The molecule has 124 valence electrons. The van der Waals surface area contributed by atoms with E-state index < -0.39 is 0 Å². The van der Waals surface area contributed by atoms with Crippen LogP contribution in [0.5, 0.6) is 5.75 Å². The summed E-state index contributed by atoms with van der Waals surface area (Å²) in [7, 11) is 0. The quantitative estimate of drug-likeness (QED) is 0.439. The maximum atomic E-state index is 11.8. The van der Waals surface area contributed by atoms with Crippen LogP contribution in [-0.2, 0) is 4.79 Å². The lowest BCUT2D eigenvalue weighted by Gasteiger charge is -2.08. The molecule has 1 N–H and O–H groups in total. The van der Waals surface area contributed by atoms with Gasteiger partial charge < -0.3 is 10.1 Å². The lowest BCUT2D eigenvalue weighted by Crippen LogP contribution is -2.12. The summed E-state index contributed by atoms with van der Waals surface area (Å²) < 4.78 is 6.50. The lowest BCUT2D eigenvalue weighted by molar-refractivity contribution is -0.116. The first-order valence-electron chi connectivity index (χ1n) is 7.48. The van der Waals surface area contributed by atoms with Gasteiger partial charge in [-0.3, -0.25) is 4.79 Å². The molecule has 1 amide bonds. The average Bonchev–Trinajstić information content (AvgIpc) is 2.99. The topological polar surface area (TPSA) is 64.1 Å². The molecule has 0 aliphatic rings. The van der Waals surface area contributed by atoms with Gasteiger partial charge in [-0.05, 0) is 36.3 Å². The van der Waals surface area contributed by atoms with Crippen LogP contribution in [0.2, 0.25) is 0 Å². The Balaban J connectivity index is 1.67. The molecule has 0 aliphatic carbocycles. The number of benzene rings is 1. The number of carbonyl (C=O) groups excluding carboxylic acids is 1. The highest BCUT2D eigenvalue weighted by Crippen LogP contribution is 2.23. The fourth-order valence-corrected chi connectivity index (χ4v) is 3.08. The highest BCUT2D eigenvalue weighted by Gasteiger charge is 2.07. The molecule has 1 heterocycles. The van der Waals surface area contributed by atoms with Gasteiger partial charge in [0.2, 0.25) is 11.0 Å². The molecule has 0 unspecified atom stereocenters. The smallest absolute Gasteiger partial charge is 0.226 e. The number of ether oxygens (including phenoxy) is 1. The van der Waals surface area contributed by atoms with Gasteiger partial charge in [-0.15, -0.1) is 10.2 Å². The molecule has 1 aromatic carbocycles. The number of carbonyl (C=O) groups is 1. The van der Waals surface area contributed by atoms with Crippen molar-refractivity contribution in [1.82, 2.24) is 10.2 Å². The summed E-state index contributed by atoms with van der Waals surface area (Å²) in [4.78, 5) is 11.8. The summed E-state index contributed by atoms with van der Waals surface area (Å²) in [6, 6.07) is 8.10. The minimum atomic E-state index is -0.0624. The van der Waals surface area contributed by atoms with Crippen LogP contribution >= 0.6 is 23.1 Å². The number of hydrogen-bond donors (Lipinski definition) is 1. The minimum absolute atomic E-state index is 0.0624. The molecule has 0 spiro atoms. The van der Waals surface area contributed by atoms with Gasteiger partial charge in [0.1, 0.15) is 5.75 Å². The van der Waals surface area contributed by atoms with Crippen molar-refractivity contribution < 1.29 is 9.53 Å². The zero-order valence-corrected chi connectivity index (χ0v) is 15.2. The number of nitrogens with one attached hydrogen (secondary N) is 1. The van der Waals surface area contributed by atoms with Gasteiger partial charge in [-0.25, -0.2) is 0 Å². The van der Waals surface area contributed by atoms with E-state index in [1.807, 2.05) is 18.4 Å².